The number of hydrogen-bond donors (Lipinski definition) is 1. The number of likely N-dealkylation sites (tertiary alicyclic amines) is 1. The number of pyridine rings is 1. The maximum absolute atomic E-state index is 13.4. The molecule has 0 saturated carbocycles. The summed E-state index contributed by atoms with van der Waals surface area (Å²) < 4.78 is 11.7. The minimum Gasteiger partial charge on any atom is -0.507 e. The molecule has 1 aliphatic heterocycles. The van der Waals surface area contributed by atoms with Crippen molar-refractivity contribution in [2.75, 3.05) is 6.61 Å². The number of hydrogen-bond acceptors (Lipinski definition) is 6. The topological polar surface area (TPSA) is 89.0 Å². The highest BCUT2D eigenvalue weighted by Crippen LogP contribution is 2.41. The van der Waals surface area contributed by atoms with Gasteiger partial charge in [0, 0.05) is 24.5 Å². The minimum atomic E-state index is -0.833. The molecule has 0 spiro atoms. The maximum Gasteiger partial charge on any atom is 0.295 e. The van der Waals surface area contributed by atoms with E-state index in [1.165, 1.54) is 4.90 Å². The van der Waals surface area contributed by atoms with Crippen LogP contribution in [0.5, 0.6) is 17.2 Å². The van der Waals surface area contributed by atoms with E-state index in [0.29, 0.717) is 35.0 Å². The normalized spacial score (nSPS) is 16.3. The Bertz CT molecular complexity index is 1480. The maximum atomic E-state index is 13.4. The van der Waals surface area contributed by atoms with Gasteiger partial charge in [-0.3, -0.25) is 14.6 Å². The van der Waals surface area contributed by atoms with Crippen molar-refractivity contribution in [2.24, 2.45) is 0 Å². The molecule has 1 unspecified atom stereocenters. The van der Waals surface area contributed by atoms with Crippen LogP contribution in [0.4, 0.5) is 0 Å². The Morgan fingerprint density at radius 1 is 0.897 bits per heavy atom. The van der Waals surface area contributed by atoms with E-state index < -0.39 is 17.7 Å². The van der Waals surface area contributed by atoms with Crippen LogP contribution in [0, 0.1) is 0 Å². The summed E-state index contributed by atoms with van der Waals surface area (Å²) in [6, 6.07) is 26.2. The van der Waals surface area contributed by atoms with Gasteiger partial charge in [-0.2, -0.15) is 0 Å². The zero-order valence-electron chi connectivity index (χ0n) is 21.5. The zero-order valence-corrected chi connectivity index (χ0v) is 21.5. The van der Waals surface area contributed by atoms with Crippen molar-refractivity contribution < 1.29 is 24.2 Å². The second kappa shape index (κ2) is 11.6. The lowest BCUT2D eigenvalue weighted by atomic mass is 9.95. The number of ether oxygens (including phenoxy) is 2. The summed E-state index contributed by atoms with van der Waals surface area (Å²) in [7, 11) is 0. The van der Waals surface area contributed by atoms with Crippen LogP contribution in [0.1, 0.15) is 36.1 Å². The Morgan fingerprint density at radius 2 is 1.67 bits per heavy atom. The molecular weight excluding hydrogens is 492 g/mol. The van der Waals surface area contributed by atoms with Crippen LogP contribution in [-0.4, -0.2) is 33.3 Å². The number of aliphatic hydroxyl groups excluding tert-OH is 1. The van der Waals surface area contributed by atoms with Crippen molar-refractivity contribution in [3.63, 3.8) is 0 Å². The van der Waals surface area contributed by atoms with E-state index >= 15 is 0 Å². The smallest absolute Gasteiger partial charge is 0.295 e. The van der Waals surface area contributed by atoms with Gasteiger partial charge in [0.15, 0.2) is 0 Å². The fraction of sp³-hybridized carbons (Fsp3) is 0.156. The molecule has 1 saturated heterocycles. The van der Waals surface area contributed by atoms with E-state index in [-0.39, 0.29) is 17.9 Å². The molecule has 0 bridgehead atoms. The number of carbonyl (C=O) groups is 2. The second-order valence-electron chi connectivity index (χ2n) is 9.15. The van der Waals surface area contributed by atoms with Crippen molar-refractivity contribution in [1.82, 2.24) is 9.88 Å². The van der Waals surface area contributed by atoms with E-state index in [4.69, 9.17) is 9.47 Å². The van der Waals surface area contributed by atoms with Crippen LogP contribution in [-0.2, 0) is 16.1 Å². The van der Waals surface area contributed by atoms with Crippen molar-refractivity contribution >= 4 is 17.4 Å². The van der Waals surface area contributed by atoms with Gasteiger partial charge in [0.25, 0.3) is 11.7 Å². The number of nitrogens with zero attached hydrogens (tertiary/aromatic N) is 2. The SMILES string of the molecule is CCCOc1ccc(/C(O)=C2\C(=O)C(=O)N(Cc3cccnc3)C2c2cccc(Oc3ccccc3)c2)cc1. The number of carbonyl (C=O) groups excluding carboxylic acids is 2. The van der Waals surface area contributed by atoms with Crippen LogP contribution >= 0.6 is 0 Å². The van der Waals surface area contributed by atoms with Crippen LogP contribution in [0.25, 0.3) is 5.76 Å². The van der Waals surface area contributed by atoms with Gasteiger partial charge in [-0.05, 0) is 72.1 Å². The quantitative estimate of drug-likeness (QED) is 0.159. The van der Waals surface area contributed by atoms with Crippen molar-refractivity contribution in [1.29, 1.82) is 0 Å². The summed E-state index contributed by atoms with van der Waals surface area (Å²) >= 11 is 0. The third-order valence-electron chi connectivity index (χ3n) is 6.37. The van der Waals surface area contributed by atoms with Gasteiger partial charge < -0.3 is 19.5 Å². The van der Waals surface area contributed by atoms with Crippen LogP contribution in [0.2, 0.25) is 0 Å². The molecule has 1 aliphatic rings. The molecule has 0 radical (unpaired) electrons. The largest absolute Gasteiger partial charge is 0.507 e. The average molecular weight is 521 g/mol. The second-order valence-corrected chi connectivity index (χ2v) is 9.15. The molecule has 0 aliphatic carbocycles. The number of Topliss-reactive ketones (excluding diaryl/α,β-unsaturated/α-hetero) is 1. The van der Waals surface area contributed by atoms with Crippen LogP contribution in [0.15, 0.2) is 109 Å². The predicted molar refractivity (Wildman–Crippen MR) is 147 cm³/mol. The third-order valence-corrected chi connectivity index (χ3v) is 6.37. The fourth-order valence-electron chi connectivity index (χ4n) is 4.54. The first-order valence-corrected chi connectivity index (χ1v) is 12.8. The average Bonchev–Trinajstić information content (AvgIpc) is 3.22. The zero-order chi connectivity index (χ0) is 27.2. The molecule has 39 heavy (non-hydrogen) atoms. The number of benzene rings is 3. The van der Waals surface area contributed by atoms with Gasteiger partial charge in [-0.25, -0.2) is 0 Å². The molecule has 1 atom stereocenters. The molecule has 196 valence electrons. The molecule has 5 rings (SSSR count). The van der Waals surface area contributed by atoms with Gasteiger partial charge in [0.05, 0.1) is 18.2 Å². The Kier molecular flexibility index (Phi) is 7.68. The molecule has 1 amide bonds. The van der Waals surface area contributed by atoms with Gasteiger partial charge in [-0.15, -0.1) is 0 Å². The molecule has 1 N–H and O–H groups in total. The molecule has 2 heterocycles. The van der Waals surface area contributed by atoms with Crippen molar-refractivity contribution in [3.05, 3.63) is 126 Å². The minimum absolute atomic E-state index is 0.0166. The molecule has 1 fully saturated rings. The number of ketones is 1. The molecule has 7 heteroatoms. The lowest BCUT2D eigenvalue weighted by Gasteiger charge is -2.25. The van der Waals surface area contributed by atoms with E-state index in [1.807, 2.05) is 49.4 Å². The van der Waals surface area contributed by atoms with Gasteiger partial charge in [0.2, 0.25) is 0 Å². The van der Waals surface area contributed by atoms with Crippen molar-refractivity contribution in [3.8, 4) is 17.2 Å². The van der Waals surface area contributed by atoms with Crippen LogP contribution in [0.3, 0.4) is 0 Å². The monoisotopic (exact) mass is 520 g/mol. The number of amides is 1. The number of para-hydroxylation sites is 1. The third kappa shape index (κ3) is 5.67. The van der Waals surface area contributed by atoms with E-state index in [1.54, 1.807) is 60.9 Å². The van der Waals surface area contributed by atoms with Crippen LogP contribution < -0.4 is 9.47 Å². The fourth-order valence-corrected chi connectivity index (χ4v) is 4.54. The predicted octanol–water partition coefficient (Wildman–Crippen LogP) is 6.28. The summed E-state index contributed by atoms with van der Waals surface area (Å²) in [5.74, 6) is 0.175. The Labute approximate surface area is 227 Å². The Balaban J connectivity index is 1.57. The highest BCUT2D eigenvalue weighted by molar-refractivity contribution is 6.46. The molecule has 3 aromatic carbocycles. The number of aromatic nitrogens is 1. The first-order valence-electron chi connectivity index (χ1n) is 12.8. The lowest BCUT2D eigenvalue weighted by Crippen LogP contribution is -2.29. The summed E-state index contributed by atoms with van der Waals surface area (Å²) in [6.07, 6.45) is 4.17. The van der Waals surface area contributed by atoms with Crippen molar-refractivity contribution in [2.45, 2.75) is 25.9 Å². The first-order chi connectivity index (χ1) is 19.0. The standard InChI is InChI=1S/C32H28N2O5/c1-2-18-38-25-15-13-23(14-16-25)30(35)28-29(34(32(37)31(28)36)21-22-8-7-17-33-20-22)24-9-6-12-27(19-24)39-26-10-4-3-5-11-26/h3-17,19-20,29,35H,2,18,21H2,1H3/b30-28+. The molecule has 1 aromatic heterocycles. The summed E-state index contributed by atoms with van der Waals surface area (Å²) in [4.78, 5) is 32.4. The summed E-state index contributed by atoms with van der Waals surface area (Å²) in [5.41, 5.74) is 1.83. The van der Waals surface area contributed by atoms with E-state index in [0.717, 1.165) is 12.0 Å². The van der Waals surface area contributed by atoms with E-state index in [9.17, 15) is 14.7 Å². The number of rotatable bonds is 9. The van der Waals surface area contributed by atoms with Gasteiger partial charge >= 0.3 is 0 Å². The van der Waals surface area contributed by atoms with E-state index in [2.05, 4.69) is 4.98 Å². The molecule has 4 aromatic rings. The molecule has 7 nitrogen and oxygen atoms in total. The highest BCUT2D eigenvalue weighted by atomic mass is 16.5. The number of aliphatic hydroxyl groups is 1. The highest BCUT2D eigenvalue weighted by Gasteiger charge is 2.46. The summed E-state index contributed by atoms with van der Waals surface area (Å²) in [5, 5.41) is 11.4. The van der Waals surface area contributed by atoms with Gasteiger partial charge in [0.1, 0.15) is 23.0 Å². The molecular formula is C32H28N2O5. The summed E-state index contributed by atoms with van der Waals surface area (Å²) in [6.45, 7) is 2.74. The Hall–Kier alpha value is -4.91. The lowest BCUT2D eigenvalue weighted by molar-refractivity contribution is -0.140. The first kappa shape index (κ1) is 25.7. The Morgan fingerprint density at radius 3 is 2.38 bits per heavy atom. The van der Waals surface area contributed by atoms with Gasteiger partial charge in [-0.1, -0.05) is 43.3 Å².